The molecule has 12 aromatic rings. The van der Waals surface area contributed by atoms with Gasteiger partial charge in [0, 0.05) is 43.4 Å². The maximum atomic E-state index is 6.38. The van der Waals surface area contributed by atoms with Gasteiger partial charge in [0.15, 0.2) is 0 Å². The monoisotopic (exact) mass is 717 g/mol. The van der Waals surface area contributed by atoms with Gasteiger partial charge in [0.05, 0.1) is 39.1 Å². The van der Waals surface area contributed by atoms with Crippen molar-refractivity contribution >= 4 is 65.6 Å². The van der Waals surface area contributed by atoms with Crippen LogP contribution in [-0.4, -0.2) is 24.1 Å². The zero-order valence-electron chi connectivity index (χ0n) is 30.0. The molecule has 262 valence electrons. The normalized spacial score (nSPS) is 11.9. The van der Waals surface area contributed by atoms with Gasteiger partial charge >= 0.3 is 0 Å². The summed E-state index contributed by atoms with van der Waals surface area (Å²) < 4.78 is 13.2. The highest BCUT2D eigenvalue weighted by atomic mass is 16.3. The van der Waals surface area contributed by atoms with Gasteiger partial charge in [-0.1, -0.05) is 127 Å². The minimum absolute atomic E-state index is 0.841. The predicted octanol–water partition coefficient (Wildman–Crippen LogP) is 12.7. The van der Waals surface area contributed by atoms with Gasteiger partial charge in [-0.25, -0.2) is 4.68 Å². The molecule has 0 saturated heterocycles. The van der Waals surface area contributed by atoms with E-state index in [1.165, 1.54) is 10.8 Å². The molecule has 12 rings (SSSR count). The first-order chi connectivity index (χ1) is 27.8. The Balaban J connectivity index is 1.12. The Labute approximate surface area is 320 Å². The fourth-order valence-corrected chi connectivity index (χ4v) is 8.75. The number of hydrogen-bond acceptors (Lipinski definition) is 3. The van der Waals surface area contributed by atoms with Gasteiger partial charge in [0.2, 0.25) is 0 Å². The first-order valence-corrected chi connectivity index (χ1v) is 18.8. The summed E-state index contributed by atoms with van der Waals surface area (Å²) in [5.41, 5.74) is 13.3. The number of aromatic nitrogens is 5. The molecule has 0 spiro atoms. The minimum Gasteiger partial charge on any atom is -0.456 e. The zero-order chi connectivity index (χ0) is 36.7. The molecule has 0 aliphatic heterocycles. The summed E-state index contributed by atoms with van der Waals surface area (Å²) in [6.07, 6.45) is 0. The molecule has 0 N–H and O–H groups in total. The van der Waals surface area contributed by atoms with E-state index < -0.39 is 0 Å². The van der Waals surface area contributed by atoms with Crippen LogP contribution >= 0.6 is 0 Å². The van der Waals surface area contributed by atoms with E-state index in [1.54, 1.807) is 0 Å². The highest BCUT2D eigenvalue weighted by molar-refractivity contribution is 6.17. The molecule has 4 aromatic heterocycles. The van der Waals surface area contributed by atoms with Crippen LogP contribution in [0.5, 0.6) is 0 Å². The Morgan fingerprint density at radius 1 is 0.375 bits per heavy atom. The highest BCUT2D eigenvalue weighted by Gasteiger charge is 2.23. The average Bonchev–Trinajstić information content (AvgIpc) is 4.03. The van der Waals surface area contributed by atoms with E-state index in [-0.39, 0.29) is 0 Å². The molecule has 0 bridgehead atoms. The third-order valence-corrected chi connectivity index (χ3v) is 11.2. The van der Waals surface area contributed by atoms with E-state index >= 15 is 0 Å². The minimum atomic E-state index is 0.841. The number of benzene rings is 8. The van der Waals surface area contributed by atoms with Crippen molar-refractivity contribution in [3.05, 3.63) is 188 Å². The van der Waals surface area contributed by atoms with E-state index in [4.69, 9.17) is 14.7 Å². The second kappa shape index (κ2) is 11.9. The van der Waals surface area contributed by atoms with Crippen LogP contribution in [0.1, 0.15) is 0 Å². The molecule has 0 atom stereocenters. The largest absolute Gasteiger partial charge is 0.456 e. The zero-order valence-corrected chi connectivity index (χ0v) is 30.0. The van der Waals surface area contributed by atoms with Crippen LogP contribution in [0.25, 0.3) is 105 Å². The lowest BCUT2D eigenvalue weighted by Gasteiger charge is -2.17. The summed E-state index contributed by atoms with van der Waals surface area (Å²) in [7, 11) is 0. The van der Waals surface area contributed by atoms with E-state index in [0.29, 0.717) is 0 Å². The standard InChI is InChI=1S/C50H31N5O/c1-3-15-32(16-4-1)49-50(55(52-51-49)34-17-5-2-6-18-34)33-27-28-43-38(29-33)35-19-7-10-22-41(35)53(43)44-24-12-13-25-45(44)54-42-23-11-8-20-36(42)39-31-48-40(30-46(39)54)37-21-9-14-26-47(37)56-48/h1-31H. The third kappa shape index (κ3) is 4.44. The van der Waals surface area contributed by atoms with E-state index in [0.717, 1.165) is 94.4 Å². The van der Waals surface area contributed by atoms with Crippen LogP contribution < -0.4 is 0 Å². The molecule has 0 aliphatic rings. The summed E-state index contributed by atoms with van der Waals surface area (Å²) in [4.78, 5) is 0. The molecule has 56 heavy (non-hydrogen) atoms. The fourth-order valence-electron chi connectivity index (χ4n) is 8.75. The van der Waals surface area contributed by atoms with Crippen molar-refractivity contribution in [2.75, 3.05) is 0 Å². The van der Waals surface area contributed by atoms with Crippen molar-refractivity contribution in [1.82, 2.24) is 24.1 Å². The van der Waals surface area contributed by atoms with Crippen molar-refractivity contribution in [3.63, 3.8) is 0 Å². The molecular formula is C50H31N5O. The number of furan rings is 1. The Morgan fingerprint density at radius 3 is 1.68 bits per heavy atom. The average molecular weight is 718 g/mol. The van der Waals surface area contributed by atoms with Crippen molar-refractivity contribution in [2.24, 2.45) is 0 Å². The smallest absolute Gasteiger partial charge is 0.136 e. The number of hydrogen-bond donors (Lipinski definition) is 0. The molecule has 8 aromatic carbocycles. The molecule has 4 heterocycles. The van der Waals surface area contributed by atoms with Crippen molar-refractivity contribution in [1.29, 1.82) is 0 Å². The SMILES string of the molecule is c1ccc(-c2nnn(-c3ccccc3)c2-c2ccc3c(c2)c2ccccc2n3-c2ccccc2-n2c3ccccc3c3cc4oc5ccccc5c4cc32)cc1. The van der Waals surface area contributed by atoms with Gasteiger partial charge in [-0.05, 0) is 66.7 Å². The first-order valence-electron chi connectivity index (χ1n) is 18.8. The highest BCUT2D eigenvalue weighted by Crippen LogP contribution is 2.42. The van der Waals surface area contributed by atoms with E-state index in [1.807, 2.05) is 53.2 Å². The number of para-hydroxylation sites is 6. The Hall–Kier alpha value is -7.70. The lowest BCUT2D eigenvalue weighted by molar-refractivity contribution is 0.669. The Kier molecular flexibility index (Phi) is 6.53. The van der Waals surface area contributed by atoms with Gasteiger partial charge < -0.3 is 13.6 Å². The summed E-state index contributed by atoms with van der Waals surface area (Å²) in [5.74, 6) is 0. The van der Waals surface area contributed by atoms with E-state index in [2.05, 4.69) is 149 Å². The molecule has 0 aliphatic carbocycles. The maximum Gasteiger partial charge on any atom is 0.136 e. The second-order valence-electron chi connectivity index (χ2n) is 14.3. The molecule has 6 heteroatoms. The summed E-state index contributed by atoms with van der Waals surface area (Å²) >= 11 is 0. The van der Waals surface area contributed by atoms with Gasteiger partial charge in [0.25, 0.3) is 0 Å². The molecule has 0 radical (unpaired) electrons. The number of fused-ring (bicyclic) bond motifs is 9. The van der Waals surface area contributed by atoms with Crippen LogP contribution in [0.3, 0.4) is 0 Å². The number of rotatable bonds is 5. The van der Waals surface area contributed by atoms with Gasteiger partial charge in [0.1, 0.15) is 22.6 Å². The summed E-state index contributed by atoms with van der Waals surface area (Å²) in [6.45, 7) is 0. The summed E-state index contributed by atoms with van der Waals surface area (Å²) in [6, 6.07) is 66.3. The van der Waals surface area contributed by atoms with Gasteiger partial charge in [-0.3, -0.25) is 0 Å². The maximum absolute atomic E-state index is 6.38. The Morgan fingerprint density at radius 2 is 0.946 bits per heavy atom. The molecule has 0 fully saturated rings. The Bertz CT molecular complexity index is 3420. The van der Waals surface area contributed by atoms with Crippen LogP contribution in [0.15, 0.2) is 192 Å². The first kappa shape index (κ1) is 30.7. The lowest BCUT2D eigenvalue weighted by Crippen LogP contribution is -2.03. The molecule has 0 saturated carbocycles. The fraction of sp³-hybridized carbons (Fsp3) is 0. The predicted molar refractivity (Wildman–Crippen MR) is 228 cm³/mol. The van der Waals surface area contributed by atoms with Crippen LogP contribution in [0.4, 0.5) is 0 Å². The van der Waals surface area contributed by atoms with Crippen LogP contribution in [0, 0.1) is 0 Å². The van der Waals surface area contributed by atoms with E-state index in [9.17, 15) is 0 Å². The molecule has 0 amide bonds. The molecule has 6 nitrogen and oxygen atoms in total. The van der Waals surface area contributed by atoms with Crippen molar-refractivity contribution in [2.45, 2.75) is 0 Å². The summed E-state index contributed by atoms with van der Waals surface area (Å²) in [5, 5.41) is 16.4. The lowest BCUT2D eigenvalue weighted by atomic mass is 10.0. The molecular weight excluding hydrogens is 687 g/mol. The second-order valence-corrected chi connectivity index (χ2v) is 14.3. The van der Waals surface area contributed by atoms with Gasteiger partial charge in [-0.15, -0.1) is 5.10 Å². The quantitative estimate of drug-likeness (QED) is 0.178. The van der Waals surface area contributed by atoms with Gasteiger partial charge in [-0.2, -0.15) is 0 Å². The van der Waals surface area contributed by atoms with Crippen molar-refractivity contribution < 1.29 is 4.42 Å². The van der Waals surface area contributed by atoms with Crippen LogP contribution in [-0.2, 0) is 0 Å². The number of nitrogens with zero attached hydrogens (tertiary/aromatic N) is 5. The van der Waals surface area contributed by atoms with Crippen LogP contribution in [0.2, 0.25) is 0 Å². The third-order valence-electron chi connectivity index (χ3n) is 11.2. The molecule has 0 unspecified atom stereocenters. The topological polar surface area (TPSA) is 53.7 Å². The van der Waals surface area contributed by atoms with Crippen molar-refractivity contribution in [3.8, 4) is 39.6 Å².